The highest BCUT2D eigenvalue weighted by Crippen LogP contribution is 2.30. The molecular formula is C19H22ClN3O4. The third-order valence-corrected chi connectivity index (χ3v) is 4.92. The Morgan fingerprint density at radius 3 is 2.81 bits per heavy atom. The predicted octanol–water partition coefficient (Wildman–Crippen LogP) is 2.81. The molecule has 7 nitrogen and oxygen atoms in total. The maximum atomic E-state index is 12.5. The molecule has 0 bridgehead atoms. The largest absolute Gasteiger partial charge is 0.492 e. The third kappa shape index (κ3) is 4.08. The summed E-state index contributed by atoms with van der Waals surface area (Å²) in [7, 11) is 1.80. The van der Waals surface area contributed by atoms with E-state index in [4.69, 9.17) is 21.1 Å². The number of fused-ring (bicyclic) bond motifs is 1. The highest BCUT2D eigenvalue weighted by atomic mass is 35.5. The smallest absolute Gasteiger partial charge is 0.313 e. The van der Waals surface area contributed by atoms with Crippen molar-refractivity contribution in [2.45, 2.75) is 33.3 Å². The number of carbonyl (C=O) groups is 2. The number of esters is 1. The Hall–Kier alpha value is -2.54. The average molecular weight is 392 g/mol. The van der Waals surface area contributed by atoms with Crippen LogP contribution in [0.1, 0.15) is 23.9 Å². The molecule has 0 aliphatic carbocycles. The molecular weight excluding hydrogens is 370 g/mol. The van der Waals surface area contributed by atoms with E-state index in [9.17, 15) is 9.59 Å². The summed E-state index contributed by atoms with van der Waals surface area (Å²) in [4.78, 5) is 24.9. The van der Waals surface area contributed by atoms with Crippen LogP contribution in [-0.2, 0) is 27.8 Å². The first-order valence-electron chi connectivity index (χ1n) is 8.69. The Balaban J connectivity index is 1.61. The minimum absolute atomic E-state index is 0.211. The van der Waals surface area contributed by atoms with Crippen LogP contribution in [0.15, 0.2) is 18.2 Å². The summed E-state index contributed by atoms with van der Waals surface area (Å²) in [6.07, 6.45) is -0.471. The van der Waals surface area contributed by atoms with Crippen molar-refractivity contribution < 1.29 is 19.1 Å². The molecule has 1 aromatic heterocycles. The van der Waals surface area contributed by atoms with Crippen LogP contribution in [0.3, 0.4) is 0 Å². The number of ether oxygens (including phenoxy) is 2. The molecule has 1 amide bonds. The molecule has 0 saturated heterocycles. The molecule has 3 rings (SSSR count). The molecule has 1 N–H and O–H groups in total. The molecule has 1 aliphatic rings. The van der Waals surface area contributed by atoms with Crippen LogP contribution in [-0.4, -0.2) is 34.4 Å². The van der Waals surface area contributed by atoms with Crippen LogP contribution in [0.2, 0.25) is 5.02 Å². The number of benzene rings is 1. The fourth-order valence-corrected chi connectivity index (χ4v) is 3.21. The van der Waals surface area contributed by atoms with Crippen LogP contribution in [0.25, 0.3) is 0 Å². The summed E-state index contributed by atoms with van der Waals surface area (Å²) in [5.41, 5.74) is 3.02. The van der Waals surface area contributed by atoms with Crippen molar-refractivity contribution in [3.05, 3.63) is 40.2 Å². The van der Waals surface area contributed by atoms with Crippen molar-refractivity contribution in [2.75, 3.05) is 11.9 Å². The van der Waals surface area contributed by atoms with Gasteiger partial charge in [-0.25, -0.2) is 0 Å². The molecule has 2 aromatic rings. The van der Waals surface area contributed by atoms with Crippen molar-refractivity contribution in [3.8, 4) is 5.75 Å². The topological polar surface area (TPSA) is 82.5 Å². The van der Waals surface area contributed by atoms with Gasteiger partial charge in [0.25, 0.3) is 5.91 Å². The highest BCUT2D eigenvalue weighted by Gasteiger charge is 2.30. The molecule has 144 valence electrons. The zero-order chi connectivity index (χ0) is 19.7. The summed E-state index contributed by atoms with van der Waals surface area (Å²) in [5, 5.41) is 7.62. The van der Waals surface area contributed by atoms with Gasteiger partial charge in [-0.3, -0.25) is 14.3 Å². The summed E-state index contributed by atoms with van der Waals surface area (Å²) < 4.78 is 12.7. The van der Waals surface area contributed by atoms with E-state index in [0.29, 0.717) is 22.8 Å². The van der Waals surface area contributed by atoms with E-state index in [0.717, 1.165) is 17.0 Å². The van der Waals surface area contributed by atoms with E-state index in [1.165, 1.54) is 0 Å². The van der Waals surface area contributed by atoms with Gasteiger partial charge in [-0.15, -0.1) is 0 Å². The molecule has 2 atom stereocenters. The first kappa shape index (κ1) is 19.2. The number of hydrogen-bond acceptors (Lipinski definition) is 5. The Morgan fingerprint density at radius 2 is 2.15 bits per heavy atom. The Labute approximate surface area is 162 Å². The van der Waals surface area contributed by atoms with Crippen molar-refractivity contribution in [1.82, 2.24) is 9.78 Å². The fourth-order valence-electron chi connectivity index (χ4n) is 3.02. The first-order chi connectivity index (χ1) is 12.8. The minimum Gasteiger partial charge on any atom is -0.492 e. The second-order valence-corrected chi connectivity index (χ2v) is 7.14. The number of aryl methyl sites for hydroxylation is 2. The zero-order valence-electron chi connectivity index (χ0n) is 15.7. The van der Waals surface area contributed by atoms with Crippen LogP contribution in [0.5, 0.6) is 5.75 Å². The fraction of sp³-hybridized carbons (Fsp3) is 0.421. The normalized spacial score (nSPS) is 16.9. The first-order valence-corrected chi connectivity index (χ1v) is 9.07. The second-order valence-electron chi connectivity index (χ2n) is 6.70. The molecule has 8 heteroatoms. The third-order valence-electron chi connectivity index (χ3n) is 4.68. The highest BCUT2D eigenvalue weighted by molar-refractivity contribution is 6.30. The van der Waals surface area contributed by atoms with E-state index in [2.05, 4.69) is 10.4 Å². The molecule has 0 saturated carbocycles. The second kappa shape index (κ2) is 7.60. The number of rotatable bonds is 4. The van der Waals surface area contributed by atoms with Crippen molar-refractivity contribution in [2.24, 2.45) is 13.0 Å². The van der Waals surface area contributed by atoms with Gasteiger partial charge in [-0.1, -0.05) is 11.6 Å². The Bertz CT molecular complexity index is 893. The van der Waals surface area contributed by atoms with Crippen molar-refractivity contribution in [3.63, 3.8) is 0 Å². The standard InChI is InChI=1S/C19H22ClN3O4/c1-10-17(11(2)23(4)22-10)21-18(24)12(3)27-19(25)14-7-13-8-15(20)5-6-16(13)26-9-14/h5-6,8,12,14H,7,9H2,1-4H3,(H,21,24)/t12-,14-/m1/s1. The number of amides is 1. The zero-order valence-corrected chi connectivity index (χ0v) is 16.5. The number of halogens is 1. The summed E-state index contributed by atoms with van der Waals surface area (Å²) in [6, 6.07) is 5.31. The van der Waals surface area contributed by atoms with Crippen LogP contribution >= 0.6 is 11.6 Å². The van der Waals surface area contributed by atoms with Gasteiger partial charge in [0.05, 0.1) is 23.0 Å². The summed E-state index contributed by atoms with van der Waals surface area (Å²) in [5.74, 6) is -0.629. The Kier molecular flexibility index (Phi) is 5.41. The molecule has 0 radical (unpaired) electrons. The van der Waals surface area contributed by atoms with Gasteiger partial charge in [-0.05, 0) is 51.0 Å². The lowest BCUT2D eigenvalue weighted by Gasteiger charge is -2.25. The van der Waals surface area contributed by atoms with Gasteiger partial charge in [0.2, 0.25) is 0 Å². The maximum absolute atomic E-state index is 12.5. The molecule has 1 aliphatic heterocycles. The van der Waals surface area contributed by atoms with E-state index in [-0.39, 0.29) is 6.61 Å². The van der Waals surface area contributed by atoms with Crippen molar-refractivity contribution >= 4 is 29.2 Å². The molecule has 0 unspecified atom stereocenters. The summed E-state index contributed by atoms with van der Waals surface area (Å²) >= 11 is 6.00. The van der Waals surface area contributed by atoms with Gasteiger partial charge in [0, 0.05) is 12.1 Å². The summed E-state index contributed by atoms with van der Waals surface area (Å²) in [6.45, 7) is 5.42. The average Bonchev–Trinajstić information content (AvgIpc) is 2.86. The SMILES string of the molecule is Cc1nn(C)c(C)c1NC(=O)[C@@H](C)OC(=O)[C@H]1COc2ccc(Cl)cc2C1. The molecule has 27 heavy (non-hydrogen) atoms. The van der Waals surface area contributed by atoms with E-state index >= 15 is 0 Å². The number of aromatic nitrogens is 2. The molecule has 2 heterocycles. The lowest BCUT2D eigenvalue weighted by Crippen LogP contribution is -2.36. The number of nitrogens with zero attached hydrogens (tertiary/aromatic N) is 2. The van der Waals surface area contributed by atoms with Gasteiger partial charge >= 0.3 is 5.97 Å². The number of carbonyl (C=O) groups excluding carboxylic acids is 2. The molecule has 1 aromatic carbocycles. The van der Waals surface area contributed by atoms with Gasteiger partial charge < -0.3 is 14.8 Å². The molecule has 0 spiro atoms. The van der Waals surface area contributed by atoms with Gasteiger partial charge in [0.1, 0.15) is 12.4 Å². The Morgan fingerprint density at radius 1 is 1.41 bits per heavy atom. The van der Waals surface area contributed by atoms with Crippen LogP contribution < -0.4 is 10.1 Å². The van der Waals surface area contributed by atoms with Crippen LogP contribution in [0, 0.1) is 19.8 Å². The maximum Gasteiger partial charge on any atom is 0.313 e. The predicted molar refractivity (Wildman–Crippen MR) is 101 cm³/mol. The lowest BCUT2D eigenvalue weighted by molar-refractivity contribution is -0.158. The van der Waals surface area contributed by atoms with Crippen LogP contribution in [0.4, 0.5) is 5.69 Å². The van der Waals surface area contributed by atoms with Gasteiger partial charge in [0.15, 0.2) is 6.10 Å². The van der Waals surface area contributed by atoms with E-state index in [1.807, 2.05) is 6.92 Å². The molecule has 0 fully saturated rings. The van der Waals surface area contributed by atoms with E-state index in [1.54, 1.807) is 43.8 Å². The number of anilines is 1. The monoisotopic (exact) mass is 391 g/mol. The minimum atomic E-state index is -0.933. The lowest BCUT2D eigenvalue weighted by atomic mass is 9.97. The van der Waals surface area contributed by atoms with E-state index < -0.39 is 23.9 Å². The van der Waals surface area contributed by atoms with Gasteiger partial charge in [-0.2, -0.15) is 5.10 Å². The number of hydrogen-bond donors (Lipinski definition) is 1. The van der Waals surface area contributed by atoms with Crippen molar-refractivity contribution in [1.29, 1.82) is 0 Å². The quantitative estimate of drug-likeness (QED) is 0.810. The number of nitrogens with one attached hydrogen (secondary N) is 1.